The summed E-state index contributed by atoms with van der Waals surface area (Å²) in [5, 5.41) is 0. The smallest absolute Gasteiger partial charge is 0.264 e. The van der Waals surface area contributed by atoms with Crippen molar-refractivity contribution in [2.75, 3.05) is 6.54 Å². The lowest BCUT2D eigenvalue weighted by atomic mass is 10.1. The van der Waals surface area contributed by atoms with E-state index in [1.807, 2.05) is 6.92 Å². The number of alkyl halides is 3. The summed E-state index contributed by atoms with van der Waals surface area (Å²) in [5.74, 6) is 0. The van der Waals surface area contributed by atoms with Crippen LogP contribution in [0.25, 0.3) is 0 Å². The maximum absolute atomic E-state index is 12.4. The molecule has 5 nitrogen and oxygen atoms in total. The van der Waals surface area contributed by atoms with Crippen LogP contribution in [0.1, 0.15) is 16.8 Å². The molecule has 0 aromatic carbocycles. The van der Waals surface area contributed by atoms with Crippen LogP contribution in [0, 0.1) is 6.92 Å². The molecule has 1 N–H and O–H groups in total. The van der Waals surface area contributed by atoms with E-state index < -0.39 is 21.9 Å². The minimum Gasteiger partial charge on any atom is -0.264 e. The van der Waals surface area contributed by atoms with Gasteiger partial charge in [0.1, 0.15) is 10.6 Å². The lowest BCUT2D eigenvalue weighted by Gasteiger charge is -2.09. The molecular weight excluding hydrogens is 331 g/mol. The number of pyridine rings is 2. The minimum absolute atomic E-state index is 0.119. The quantitative estimate of drug-likeness (QED) is 0.903. The van der Waals surface area contributed by atoms with Crippen LogP contribution in [0.5, 0.6) is 0 Å². The number of nitrogens with one attached hydrogen (secondary N) is 1. The molecule has 0 unspecified atom stereocenters. The molecule has 0 aliphatic carbocycles. The predicted octanol–water partition coefficient (Wildman–Crippen LogP) is 2.32. The van der Waals surface area contributed by atoms with E-state index in [0.717, 1.165) is 17.2 Å². The third-order valence-corrected chi connectivity index (χ3v) is 4.61. The first-order valence-electron chi connectivity index (χ1n) is 6.62. The largest absolute Gasteiger partial charge is 0.433 e. The van der Waals surface area contributed by atoms with E-state index in [9.17, 15) is 21.6 Å². The zero-order valence-corrected chi connectivity index (χ0v) is 12.9. The third-order valence-electron chi connectivity index (χ3n) is 3.16. The molecule has 0 fully saturated rings. The summed E-state index contributed by atoms with van der Waals surface area (Å²) in [6, 6.07) is 3.31. The van der Waals surface area contributed by atoms with Crippen LogP contribution in [0.2, 0.25) is 0 Å². The fourth-order valence-corrected chi connectivity index (χ4v) is 2.87. The van der Waals surface area contributed by atoms with Crippen molar-refractivity contribution < 1.29 is 21.6 Å². The number of halogens is 3. The van der Waals surface area contributed by atoms with Crippen molar-refractivity contribution in [1.29, 1.82) is 0 Å². The van der Waals surface area contributed by atoms with Gasteiger partial charge in [-0.3, -0.25) is 9.97 Å². The molecule has 0 saturated heterocycles. The fourth-order valence-electron chi connectivity index (χ4n) is 1.89. The summed E-state index contributed by atoms with van der Waals surface area (Å²) < 4.78 is 63.6. The van der Waals surface area contributed by atoms with E-state index in [2.05, 4.69) is 14.7 Å². The Morgan fingerprint density at radius 2 is 1.91 bits per heavy atom. The maximum atomic E-state index is 12.4. The molecule has 0 saturated carbocycles. The first-order valence-corrected chi connectivity index (χ1v) is 8.11. The van der Waals surface area contributed by atoms with Gasteiger partial charge in [0, 0.05) is 25.1 Å². The van der Waals surface area contributed by atoms with Crippen molar-refractivity contribution in [1.82, 2.24) is 14.7 Å². The molecule has 0 spiro atoms. The van der Waals surface area contributed by atoms with Crippen molar-refractivity contribution in [2.24, 2.45) is 0 Å². The van der Waals surface area contributed by atoms with Gasteiger partial charge in [0.05, 0.1) is 0 Å². The van der Waals surface area contributed by atoms with Crippen molar-refractivity contribution in [3.63, 3.8) is 0 Å². The average molecular weight is 345 g/mol. The predicted molar refractivity (Wildman–Crippen MR) is 77.1 cm³/mol. The molecule has 9 heteroatoms. The lowest BCUT2D eigenvalue weighted by Crippen LogP contribution is -2.26. The van der Waals surface area contributed by atoms with Crippen LogP contribution < -0.4 is 4.72 Å². The summed E-state index contributed by atoms with van der Waals surface area (Å²) in [7, 11) is -3.90. The summed E-state index contributed by atoms with van der Waals surface area (Å²) in [6.45, 7) is 1.98. The molecule has 2 heterocycles. The van der Waals surface area contributed by atoms with Gasteiger partial charge in [-0.15, -0.1) is 0 Å². The highest BCUT2D eigenvalue weighted by Gasteiger charge is 2.32. The van der Waals surface area contributed by atoms with Crippen LogP contribution >= 0.6 is 0 Å². The van der Waals surface area contributed by atoms with Crippen LogP contribution in [-0.4, -0.2) is 24.9 Å². The van der Waals surface area contributed by atoms with Gasteiger partial charge in [-0.05, 0) is 42.7 Å². The molecule has 0 aliphatic rings. The van der Waals surface area contributed by atoms with Crippen molar-refractivity contribution in [3.05, 3.63) is 53.6 Å². The summed E-state index contributed by atoms with van der Waals surface area (Å²) in [6.07, 6.45) is -0.181. The van der Waals surface area contributed by atoms with Crippen molar-refractivity contribution >= 4 is 10.0 Å². The standard InChI is InChI=1S/C14H14F3N3O2S/c1-10-8-18-6-4-11(10)5-7-20-23(21,22)12-2-3-13(19-9-12)14(15,16)17/h2-4,6,8-9,20H,5,7H2,1H3. The maximum Gasteiger partial charge on any atom is 0.433 e. The molecule has 0 atom stereocenters. The summed E-state index contributed by atoms with van der Waals surface area (Å²) in [4.78, 5) is 6.77. The summed E-state index contributed by atoms with van der Waals surface area (Å²) in [5.41, 5.74) is 0.736. The van der Waals surface area contributed by atoms with Crippen LogP contribution in [-0.2, 0) is 22.6 Å². The highest BCUT2D eigenvalue weighted by molar-refractivity contribution is 7.89. The van der Waals surface area contributed by atoms with Crippen LogP contribution in [0.3, 0.4) is 0 Å². The molecule has 124 valence electrons. The molecule has 0 radical (unpaired) electrons. The Labute approximate surface area is 131 Å². The van der Waals surface area contributed by atoms with Gasteiger partial charge in [0.2, 0.25) is 10.0 Å². The molecule has 0 bridgehead atoms. The second-order valence-corrected chi connectivity index (χ2v) is 6.59. The highest BCUT2D eigenvalue weighted by Crippen LogP contribution is 2.27. The van der Waals surface area contributed by atoms with E-state index in [1.54, 1.807) is 18.5 Å². The molecule has 2 rings (SSSR count). The van der Waals surface area contributed by atoms with Gasteiger partial charge < -0.3 is 0 Å². The van der Waals surface area contributed by atoms with E-state index in [4.69, 9.17) is 0 Å². The number of sulfonamides is 1. The van der Waals surface area contributed by atoms with Gasteiger partial charge in [0.25, 0.3) is 0 Å². The first-order chi connectivity index (χ1) is 10.7. The number of rotatable bonds is 5. The molecule has 0 amide bonds. The Hall–Kier alpha value is -2.00. The second-order valence-electron chi connectivity index (χ2n) is 4.83. The Kier molecular flexibility index (Phi) is 5.00. The molecule has 23 heavy (non-hydrogen) atoms. The summed E-state index contributed by atoms with van der Waals surface area (Å²) >= 11 is 0. The molecule has 2 aromatic heterocycles. The Morgan fingerprint density at radius 1 is 1.17 bits per heavy atom. The highest BCUT2D eigenvalue weighted by atomic mass is 32.2. The van der Waals surface area contributed by atoms with Gasteiger partial charge in [-0.1, -0.05) is 0 Å². The Balaban J connectivity index is 2.03. The Bertz CT molecular complexity index is 775. The van der Waals surface area contributed by atoms with E-state index in [0.29, 0.717) is 18.7 Å². The van der Waals surface area contributed by atoms with E-state index in [-0.39, 0.29) is 11.4 Å². The van der Waals surface area contributed by atoms with Crippen LogP contribution in [0.4, 0.5) is 13.2 Å². The van der Waals surface area contributed by atoms with Crippen LogP contribution in [0.15, 0.2) is 41.7 Å². The fraction of sp³-hybridized carbons (Fsp3) is 0.286. The second kappa shape index (κ2) is 6.63. The van der Waals surface area contributed by atoms with Gasteiger partial charge >= 0.3 is 6.18 Å². The normalized spacial score (nSPS) is 12.3. The zero-order valence-electron chi connectivity index (χ0n) is 12.1. The lowest BCUT2D eigenvalue weighted by molar-refractivity contribution is -0.141. The number of aromatic nitrogens is 2. The number of nitrogens with zero attached hydrogens (tertiary/aromatic N) is 2. The van der Waals surface area contributed by atoms with Gasteiger partial charge in [0.15, 0.2) is 0 Å². The average Bonchev–Trinajstić information content (AvgIpc) is 2.48. The van der Waals surface area contributed by atoms with Crippen molar-refractivity contribution in [2.45, 2.75) is 24.4 Å². The van der Waals surface area contributed by atoms with Gasteiger partial charge in [-0.2, -0.15) is 13.2 Å². The number of hydrogen-bond donors (Lipinski definition) is 1. The SMILES string of the molecule is Cc1cnccc1CCNS(=O)(=O)c1ccc(C(F)(F)F)nc1. The third kappa shape index (κ3) is 4.49. The zero-order chi connectivity index (χ0) is 17.1. The minimum atomic E-state index is -4.60. The Morgan fingerprint density at radius 3 is 2.48 bits per heavy atom. The first kappa shape index (κ1) is 17.4. The number of aryl methyl sites for hydroxylation is 1. The molecule has 2 aromatic rings. The molecular formula is C14H14F3N3O2S. The van der Waals surface area contributed by atoms with E-state index >= 15 is 0 Å². The number of hydrogen-bond acceptors (Lipinski definition) is 4. The van der Waals surface area contributed by atoms with Crippen molar-refractivity contribution in [3.8, 4) is 0 Å². The van der Waals surface area contributed by atoms with E-state index in [1.165, 1.54) is 0 Å². The van der Waals surface area contributed by atoms with Gasteiger partial charge in [-0.25, -0.2) is 13.1 Å². The molecule has 0 aliphatic heterocycles. The monoisotopic (exact) mass is 345 g/mol. The topological polar surface area (TPSA) is 72.0 Å².